The molecule has 2 heterocycles. The topological polar surface area (TPSA) is 53.4 Å². The second-order valence-corrected chi connectivity index (χ2v) is 5.49. The number of pyridine rings is 1. The van der Waals surface area contributed by atoms with Gasteiger partial charge in [-0.1, -0.05) is 18.2 Å². The highest BCUT2D eigenvalue weighted by molar-refractivity contribution is 5.87. The molecule has 108 valence electrons. The van der Waals surface area contributed by atoms with Gasteiger partial charge in [-0.25, -0.2) is 4.79 Å². The monoisotopic (exact) mass is 282 g/mol. The Bertz CT molecular complexity index is 652. The van der Waals surface area contributed by atoms with Crippen molar-refractivity contribution in [2.24, 2.45) is 0 Å². The van der Waals surface area contributed by atoms with Crippen LogP contribution in [0, 0.1) is 0 Å². The van der Waals surface area contributed by atoms with Crippen molar-refractivity contribution in [3.8, 4) is 0 Å². The summed E-state index contributed by atoms with van der Waals surface area (Å²) in [4.78, 5) is 17.5. The van der Waals surface area contributed by atoms with Crippen molar-refractivity contribution in [3.63, 3.8) is 0 Å². The molecule has 1 aromatic heterocycles. The van der Waals surface area contributed by atoms with Crippen molar-refractivity contribution in [2.45, 2.75) is 32.4 Å². The molecule has 0 bridgehead atoms. The van der Waals surface area contributed by atoms with Gasteiger partial charge in [0.25, 0.3) is 0 Å². The van der Waals surface area contributed by atoms with Crippen molar-refractivity contribution in [3.05, 3.63) is 59.4 Å². The number of aryl methyl sites for hydroxylation is 1. The lowest BCUT2D eigenvalue weighted by Gasteiger charge is -2.37. The summed E-state index contributed by atoms with van der Waals surface area (Å²) in [6.07, 6.45) is 3.67. The van der Waals surface area contributed by atoms with Crippen molar-refractivity contribution < 1.29 is 9.90 Å². The van der Waals surface area contributed by atoms with Crippen molar-refractivity contribution in [1.29, 1.82) is 0 Å². The Morgan fingerprint density at radius 3 is 2.86 bits per heavy atom. The first kappa shape index (κ1) is 13.6. The molecule has 0 spiro atoms. The number of carboxylic acid groups (broad SMARTS) is 1. The summed E-state index contributed by atoms with van der Waals surface area (Å²) in [5.74, 6) is -0.939. The van der Waals surface area contributed by atoms with E-state index in [0.29, 0.717) is 12.6 Å². The van der Waals surface area contributed by atoms with Crippen LogP contribution in [0.2, 0.25) is 0 Å². The minimum absolute atomic E-state index is 0.228. The number of hydrogen-bond donors (Lipinski definition) is 1. The highest BCUT2D eigenvalue weighted by Crippen LogP contribution is 2.31. The number of carboxylic acids is 1. The summed E-state index contributed by atoms with van der Waals surface area (Å²) in [5.41, 5.74) is 3.76. The summed E-state index contributed by atoms with van der Waals surface area (Å²) in [7, 11) is 0. The van der Waals surface area contributed by atoms with Crippen LogP contribution in [0.3, 0.4) is 0 Å². The summed E-state index contributed by atoms with van der Waals surface area (Å²) >= 11 is 0. The number of aromatic carboxylic acids is 1. The number of benzene rings is 1. The van der Waals surface area contributed by atoms with Crippen molar-refractivity contribution in [2.75, 3.05) is 4.90 Å². The van der Waals surface area contributed by atoms with Crippen LogP contribution in [0.25, 0.3) is 0 Å². The lowest BCUT2D eigenvalue weighted by molar-refractivity contribution is 0.0696. The third-order valence-electron chi connectivity index (χ3n) is 4.07. The molecule has 4 nitrogen and oxygen atoms in total. The van der Waals surface area contributed by atoms with Crippen molar-refractivity contribution in [1.82, 2.24) is 4.98 Å². The average molecular weight is 282 g/mol. The first-order valence-electron chi connectivity index (χ1n) is 7.18. The summed E-state index contributed by atoms with van der Waals surface area (Å²) < 4.78 is 0. The first-order chi connectivity index (χ1) is 10.1. The summed E-state index contributed by atoms with van der Waals surface area (Å²) in [6, 6.07) is 12.3. The van der Waals surface area contributed by atoms with E-state index >= 15 is 0 Å². The highest BCUT2D eigenvalue weighted by atomic mass is 16.4. The summed E-state index contributed by atoms with van der Waals surface area (Å²) in [5, 5.41) is 8.92. The molecule has 1 aliphatic rings. The molecule has 0 aliphatic carbocycles. The number of hydrogen-bond acceptors (Lipinski definition) is 3. The first-order valence-corrected chi connectivity index (χ1v) is 7.18. The number of rotatable bonds is 3. The van der Waals surface area contributed by atoms with Crippen molar-refractivity contribution >= 4 is 11.7 Å². The van der Waals surface area contributed by atoms with Gasteiger partial charge in [0, 0.05) is 17.9 Å². The van der Waals surface area contributed by atoms with E-state index in [2.05, 4.69) is 41.1 Å². The van der Waals surface area contributed by atoms with Gasteiger partial charge in [0.2, 0.25) is 0 Å². The van der Waals surface area contributed by atoms with Crippen LogP contribution in [0.15, 0.2) is 42.6 Å². The highest BCUT2D eigenvalue weighted by Gasteiger charge is 2.22. The molecule has 0 radical (unpaired) electrons. The third-order valence-corrected chi connectivity index (χ3v) is 4.07. The Morgan fingerprint density at radius 1 is 1.33 bits per heavy atom. The molecular weight excluding hydrogens is 264 g/mol. The lowest BCUT2D eigenvalue weighted by Crippen LogP contribution is -2.36. The van der Waals surface area contributed by atoms with Crippen LogP contribution in [0.5, 0.6) is 0 Å². The molecule has 3 rings (SSSR count). The molecule has 1 atom stereocenters. The number of aromatic nitrogens is 1. The van der Waals surface area contributed by atoms with Crippen LogP contribution >= 0.6 is 0 Å². The molecular formula is C17H18N2O2. The second kappa shape index (κ2) is 5.56. The minimum Gasteiger partial charge on any atom is -0.478 e. The van der Waals surface area contributed by atoms with Gasteiger partial charge in [-0.05, 0) is 43.5 Å². The van der Waals surface area contributed by atoms with Crippen LogP contribution in [0.4, 0.5) is 5.69 Å². The largest absolute Gasteiger partial charge is 0.478 e. The van der Waals surface area contributed by atoms with E-state index in [0.717, 1.165) is 18.5 Å². The minimum atomic E-state index is -0.939. The molecule has 2 aromatic rings. The fourth-order valence-corrected chi connectivity index (χ4v) is 2.82. The fraction of sp³-hybridized carbons (Fsp3) is 0.294. The Labute approximate surface area is 124 Å². The quantitative estimate of drug-likeness (QED) is 0.939. The molecule has 0 amide bonds. The summed E-state index contributed by atoms with van der Waals surface area (Å²) in [6.45, 7) is 2.93. The van der Waals surface area contributed by atoms with Gasteiger partial charge in [0.05, 0.1) is 17.8 Å². The van der Waals surface area contributed by atoms with E-state index in [-0.39, 0.29) is 5.56 Å². The zero-order valence-corrected chi connectivity index (χ0v) is 12.0. The number of nitrogens with zero attached hydrogens (tertiary/aromatic N) is 2. The Morgan fingerprint density at radius 2 is 2.14 bits per heavy atom. The van der Waals surface area contributed by atoms with E-state index < -0.39 is 5.97 Å². The van der Waals surface area contributed by atoms with Gasteiger partial charge in [-0.3, -0.25) is 4.98 Å². The Balaban J connectivity index is 1.85. The molecule has 4 heteroatoms. The zero-order chi connectivity index (χ0) is 14.8. The van der Waals surface area contributed by atoms with Crippen LogP contribution in [-0.2, 0) is 13.0 Å². The molecule has 21 heavy (non-hydrogen) atoms. The molecule has 1 unspecified atom stereocenters. The smallest absolute Gasteiger partial charge is 0.337 e. The second-order valence-electron chi connectivity index (χ2n) is 5.49. The molecule has 0 saturated heterocycles. The standard InChI is InChI=1S/C17H18N2O2/c1-12-6-7-13-4-2-3-5-16(13)19(12)11-15-9-8-14(10-18-15)17(20)21/h2-5,8-10,12H,6-7,11H2,1H3,(H,20,21). The predicted molar refractivity (Wildman–Crippen MR) is 81.6 cm³/mol. The zero-order valence-electron chi connectivity index (χ0n) is 12.0. The SMILES string of the molecule is CC1CCc2ccccc2N1Cc1ccc(C(=O)O)cn1. The van der Waals surface area contributed by atoms with E-state index in [1.807, 2.05) is 0 Å². The molecule has 1 aromatic carbocycles. The van der Waals surface area contributed by atoms with Gasteiger partial charge in [-0.2, -0.15) is 0 Å². The van der Waals surface area contributed by atoms with Gasteiger partial charge >= 0.3 is 5.97 Å². The fourth-order valence-electron chi connectivity index (χ4n) is 2.82. The van der Waals surface area contributed by atoms with Crippen LogP contribution in [0.1, 0.15) is 35.0 Å². The molecule has 1 N–H and O–H groups in total. The lowest BCUT2D eigenvalue weighted by atomic mass is 9.96. The Hall–Kier alpha value is -2.36. The Kier molecular flexibility index (Phi) is 3.60. The maximum atomic E-state index is 10.9. The third kappa shape index (κ3) is 2.75. The number of carbonyl (C=O) groups is 1. The van der Waals surface area contributed by atoms with Crippen LogP contribution < -0.4 is 4.90 Å². The van der Waals surface area contributed by atoms with Gasteiger partial charge in [0.15, 0.2) is 0 Å². The van der Waals surface area contributed by atoms with E-state index in [1.54, 1.807) is 12.1 Å². The average Bonchev–Trinajstić information content (AvgIpc) is 2.51. The number of fused-ring (bicyclic) bond motifs is 1. The van der Waals surface area contributed by atoms with Crippen LogP contribution in [-0.4, -0.2) is 22.1 Å². The predicted octanol–water partition coefficient (Wildman–Crippen LogP) is 3.12. The molecule has 1 aliphatic heterocycles. The number of anilines is 1. The maximum Gasteiger partial charge on any atom is 0.337 e. The van der Waals surface area contributed by atoms with Gasteiger partial charge < -0.3 is 10.0 Å². The van der Waals surface area contributed by atoms with E-state index in [4.69, 9.17) is 5.11 Å². The normalized spacial score (nSPS) is 17.4. The maximum absolute atomic E-state index is 10.9. The van der Waals surface area contributed by atoms with Gasteiger partial charge in [-0.15, -0.1) is 0 Å². The van der Waals surface area contributed by atoms with Gasteiger partial charge in [0.1, 0.15) is 0 Å². The van der Waals surface area contributed by atoms with E-state index in [1.165, 1.54) is 17.4 Å². The molecule has 0 fully saturated rings. The number of para-hydroxylation sites is 1. The molecule has 0 saturated carbocycles. The van der Waals surface area contributed by atoms with E-state index in [9.17, 15) is 4.79 Å².